The zero-order valence-corrected chi connectivity index (χ0v) is 17.2. The lowest BCUT2D eigenvalue weighted by molar-refractivity contribution is 0.414. The van der Waals surface area contributed by atoms with Crippen LogP contribution in [0.3, 0.4) is 0 Å². The van der Waals surface area contributed by atoms with Crippen molar-refractivity contribution in [3.8, 4) is 5.75 Å². The largest absolute Gasteiger partial charge is 0.495 e. The number of anilines is 1. The van der Waals surface area contributed by atoms with Gasteiger partial charge in [0.15, 0.2) is 0 Å². The van der Waals surface area contributed by atoms with Crippen molar-refractivity contribution >= 4 is 11.8 Å². The number of hydrogen-bond acceptors (Lipinski definition) is 2. The van der Waals surface area contributed by atoms with Gasteiger partial charge in [0, 0.05) is 13.6 Å². The maximum atomic E-state index is 5.60. The standard InChI is InChI=1S/C24H33NO/c1-8-10-19-13-20(15-21(14-19)24(3,4)5)17-25(6)22-12-11-18(9-2)16-23(22)26-7/h9,11-16H,2,8,10,17H2,1,3-7H3. The monoisotopic (exact) mass is 351 g/mol. The number of hydrogen-bond donors (Lipinski definition) is 0. The Morgan fingerprint density at radius 2 is 1.77 bits per heavy atom. The van der Waals surface area contributed by atoms with Gasteiger partial charge in [0.1, 0.15) is 5.75 Å². The first-order chi connectivity index (χ1) is 12.3. The van der Waals surface area contributed by atoms with E-state index in [1.54, 1.807) is 7.11 Å². The van der Waals surface area contributed by atoms with Gasteiger partial charge in [0.25, 0.3) is 0 Å². The number of ether oxygens (including phenoxy) is 1. The summed E-state index contributed by atoms with van der Waals surface area (Å²) in [6, 6.07) is 13.3. The molecule has 2 heteroatoms. The van der Waals surface area contributed by atoms with Crippen LogP contribution in [-0.4, -0.2) is 14.2 Å². The lowest BCUT2D eigenvalue weighted by atomic mass is 9.84. The third kappa shape index (κ3) is 4.91. The smallest absolute Gasteiger partial charge is 0.142 e. The van der Waals surface area contributed by atoms with E-state index in [2.05, 4.69) is 76.6 Å². The first-order valence-corrected chi connectivity index (χ1v) is 9.43. The Kier molecular flexibility index (Phi) is 6.52. The average molecular weight is 352 g/mol. The quantitative estimate of drug-likeness (QED) is 0.587. The van der Waals surface area contributed by atoms with Crippen molar-refractivity contribution in [1.29, 1.82) is 0 Å². The van der Waals surface area contributed by atoms with Crippen molar-refractivity contribution in [2.75, 3.05) is 19.1 Å². The second kappa shape index (κ2) is 8.44. The van der Waals surface area contributed by atoms with Gasteiger partial charge in [-0.25, -0.2) is 0 Å². The van der Waals surface area contributed by atoms with Gasteiger partial charge in [0.2, 0.25) is 0 Å². The van der Waals surface area contributed by atoms with Gasteiger partial charge in [-0.2, -0.15) is 0 Å². The van der Waals surface area contributed by atoms with E-state index in [4.69, 9.17) is 4.74 Å². The van der Waals surface area contributed by atoms with Gasteiger partial charge in [0.05, 0.1) is 12.8 Å². The molecule has 0 fully saturated rings. The molecule has 0 saturated heterocycles. The zero-order valence-electron chi connectivity index (χ0n) is 17.2. The molecule has 0 bridgehead atoms. The number of benzene rings is 2. The minimum atomic E-state index is 0.153. The fourth-order valence-corrected chi connectivity index (χ4v) is 3.22. The molecule has 0 N–H and O–H groups in total. The topological polar surface area (TPSA) is 12.5 Å². The molecule has 0 saturated carbocycles. The Labute approximate surface area is 159 Å². The molecule has 0 aliphatic carbocycles. The molecule has 2 nitrogen and oxygen atoms in total. The molecular weight excluding hydrogens is 318 g/mol. The minimum absolute atomic E-state index is 0.153. The predicted octanol–water partition coefficient (Wildman–Crippen LogP) is 6.22. The number of aryl methyl sites for hydroxylation is 1. The van der Waals surface area contributed by atoms with E-state index >= 15 is 0 Å². The molecule has 2 aromatic carbocycles. The van der Waals surface area contributed by atoms with Crippen LogP contribution in [0.15, 0.2) is 43.0 Å². The van der Waals surface area contributed by atoms with Crippen LogP contribution < -0.4 is 9.64 Å². The van der Waals surface area contributed by atoms with Crippen molar-refractivity contribution in [1.82, 2.24) is 0 Å². The van der Waals surface area contributed by atoms with Crippen molar-refractivity contribution in [2.24, 2.45) is 0 Å². The summed E-state index contributed by atoms with van der Waals surface area (Å²) >= 11 is 0. The molecule has 0 aromatic heterocycles. The molecule has 0 spiro atoms. The van der Waals surface area contributed by atoms with Crippen LogP contribution in [-0.2, 0) is 18.4 Å². The number of rotatable bonds is 7. The lowest BCUT2D eigenvalue weighted by Gasteiger charge is -2.25. The van der Waals surface area contributed by atoms with Gasteiger partial charge in [-0.05, 0) is 46.2 Å². The highest BCUT2D eigenvalue weighted by Gasteiger charge is 2.16. The van der Waals surface area contributed by atoms with Gasteiger partial charge < -0.3 is 9.64 Å². The summed E-state index contributed by atoms with van der Waals surface area (Å²) in [5, 5.41) is 0. The summed E-state index contributed by atoms with van der Waals surface area (Å²) in [7, 11) is 3.84. The molecule has 0 amide bonds. The highest BCUT2D eigenvalue weighted by atomic mass is 16.5. The zero-order chi connectivity index (χ0) is 19.3. The summed E-state index contributed by atoms with van der Waals surface area (Å²) in [6.45, 7) is 13.8. The highest BCUT2D eigenvalue weighted by molar-refractivity contribution is 5.64. The van der Waals surface area contributed by atoms with Crippen LogP contribution in [0.25, 0.3) is 6.08 Å². The van der Waals surface area contributed by atoms with Crippen LogP contribution in [0.1, 0.15) is 56.4 Å². The number of methoxy groups -OCH3 is 1. The molecule has 2 rings (SSSR count). The Hall–Kier alpha value is -2.22. The van der Waals surface area contributed by atoms with Gasteiger partial charge in [-0.1, -0.05) is 71.0 Å². The van der Waals surface area contributed by atoms with E-state index in [0.29, 0.717) is 0 Å². The van der Waals surface area contributed by atoms with Gasteiger partial charge in [-0.3, -0.25) is 0 Å². The van der Waals surface area contributed by atoms with Crippen molar-refractivity contribution in [3.63, 3.8) is 0 Å². The predicted molar refractivity (Wildman–Crippen MR) is 114 cm³/mol. The van der Waals surface area contributed by atoms with Gasteiger partial charge in [-0.15, -0.1) is 0 Å². The molecule has 0 atom stereocenters. The van der Waals surface area contributed by atoms with E-state index in [0.717, 1.165) is 30.0 Å². The summed E-state index contributed by atoms with van der Waals surface area (Å²) in [5.74, 6) is 0.880. The van der Waals surface area contributed by atoms with E-state index < -0.39 is 0 Å². The van der Waals surface area contributed by atoms with E-state index in [9.17, 15) is 0 Å². The highest BCUT2D eigenvalue weighted by Crippen LogP contribution is 2.31. The first kappa shape index (κ1) is 20.1. The van der Waals surface area contributed by atoms with Crippen LogP contribution in [0.2, 0.25) is 0 Å². The van der Waals surface area contributed by atoms with E-state index in [1.807, 2.05) is 12.1 Å². The number of nitrogens with zero attached hydrogens (tertiary/aromatic N) is 1. The second-order valence-electron chi connectivity index (χ2n) is 8.03. The summed E-state index contributed by atoms with van der Waals surface area (Å²) in [5.41, 5.74) is 6.49. The Balaban J connectivity index is 2.35. The molecule has 0 aliphatic rings. The maximum Gasteiger partial charge on any atom is 0.142 e. The Bertz CT molecular complexity index is 755. The fourth-order valence-electron chi connectivity index (χ4n) is 3.22. The van der Waals surface area contributed by atoms with Crippen LogP contribution in [0.5, 0.6) is 5.75 Å². The van der Waals surface area contributed by atoms with Crippen molar-refractivity contribution in [3.05, 3.63) is 65.2 Å². The normalized spacial score (nSPS) is 11.3. The van der Waals surface area contributed by atoms with Crippen molar-refractivity contribution in [2.45, 2.75) is 52.5 Å². The third-order valence-corrected chi connectivity index (χ3v) is 4.73. The Morgan fingerprint density at radius 1 is 1.08 bits per heavy atom. The van der Waals surface area contributed by atoms with Crippen LogP contribution in [0, 0.1) is 0 Å². The van der Waals surface area contributed by atoms with E-state index in [-0.39, 0.29) is 5.41 Å². The molecule has 26 heavy (non-hydrogen) atoms. The first-order valence-electron chi connectivity index (χ1n) is 9.43. The molecule has 0 heterocycles. The maximum absolute atomic E-state index is 5.60. The molecule has 0 unspecified atom stereocenters. The van der Waals surface area contributed by atoms with Gasteiger partial charge >= 0.3 is 0 Å². The third-order valence-electron chi connectivity index (χ3n) is 4.73. The molecular formula is C24H33NO. The second-order valence-corrected chi connectivity index (χ2v) is 8.03. The summed E-state index contributed by atoms with van der Waals surface area (Å²) < 4.78 is 5.60. The average Bonchev–Trinajstić information content (AvgIpc) is 2.60. The molecule has 0 aliphatic heterocycles. The van der Waals surface area contributed by atoms with Crippen LogP contribution in [0.4, 0.5) is 5.69 Å². The molecule has 140 valence electrons. The lowest BCUT2D eigenvalue weighted by Crippen LogP contribution is -2.19. The SMILES string of the molecule is C=Cc1ccc(N(C)Cc2cc(CCC)cc(C(C)(C)C)c2)c(OC)c1. The van der Waals surface area contributed by atoms with Crippen molar-refractivity contribution < 1.29 is 4.74 Å². The summed E-state index contributed by atoms with van der Waals surface area (Å²) in [4.78, 5) is 2.25. The fraction of sp³-hybridized carbons (Fsp3) is 0.417. The molecule has 2 aromatic rings. The van der Waals surface area contributed by atoms with E-state index in [1.165, 1.54) is 23.1 Å². The molecule has 0 radical (unpaired) electrons. The summed E-state index contributed by atoms with van der Waals surface area (Å²) in [6.07, 6.45) is 4.13. The van der Waals surface area contributed by atoms with Crippen LogP contribution >= 0.6 is 0 Å². The Morgan fingerprint density at radius 3 is 2.35 bits per heavy atom. The minimum Gasteiger partial charge on any atom is -0.495 e.